The number of rotatable bonds is 1. The highest BCUT2D eigenvalue weighted by molar-refractivity contribution is 5.73. The Kier molecular flexibility index (Phi) is 2.69. The minimum atomic E-state index is -4.48. The number of phenols is 1. The van der Waals surface area contributed by atoms with Gasteiger partial charge in [-0.1, -0.05) is 12.1 Å². The van der Waals surface area contributed by atoms with Crippen molar-refractivity contribution in [2.24, 2.45) is 0 Å². The van der Waals surface area contributed by atoms with Crippen molar-refractivity contribution < 1.29 is 18.3 Å². The van der Waals surface area contributed by atoms with E-state index in [1.165, 1.54) is 18.3 Å². The summed E-state index contributed by atoms with van der Waals surface area (Å²) in [6.07, 6.45) is 0.950. The zero-order chi connectivity index (χ0) is 16.2. The molecular formula is C16H10F3N3O. The van der Waals surface area contributed by atoms with Gasteiger partial charge >= 0.3 is 6.18 Å². The molecule has 23 heavy (non-hydrogen) atoms. The number of halogens is 3. The first kappa shape index (κ1) is 13.7. The Morgan fingerprint density at radius 3 is 2.70 bits per heavy atom. The van der Waals surface area contributed by atoms with Gasteiger partial charge in [-0.2, -0.15) is 13.2 Å². The lowest BCUT2D eigenvalue weighted by Gasteiger charge is -2.16. The zero-order valence-electron chi connectivity index (χ0n) is 11.6. The van der Waals surface area contributed by atoms with Crippen molar-refractivity contribution >= 4 is 11.9 Å². The smallest absolute Gasteiger partial charge is 0.418 e. The zero-order valence-corrected chi connectivity index (χ0v) is 11.6. The second kappa shape index (κ2) is 4.52. The summed E-state index contributed by atoms with van der Waals surface area (Å²) in [6.45, 7) is 0. The SMILES string of the molecule is Oc1ccccc1-c1nc(=C2NC=CC=C2C(F)(F)F)c2n1C=2. The average molecular weight is 317 g/mol. The number of fused-ring (bicyclic) bond motifs is 1. The third-order valence-electron chi connectivity index (χ3n) is 3.67. The summed E-state index contributed by atoms with van der Waals surface area (Å²) < 4.78 is 41.2. The van der Waals surface area contributed by atoms with Crippen LogP contribution in [-0.2, 0) is 0 Å². The minimum Gasteiger partial charge on any atom is -0.507 e. The molecule has 4 nitrogen and oxygen atoms in total. The van der Waals surface area contributed by atoms with Gasteiger partial charge in [-0.25, -0.2) is 4.98 Å². The largest absolute Gasteiger partial charge is 0.507 e. The van der Waals surface area contributed by atoms with E-state index in [9.17, 15) is 18.3 Å². The summed E-state index contributed by atoms with van der Waals surface area (Å²) in [7, 11) is 0. The first-order valence-corrected chi connectivity index (χ1v) is 6.80. The third kappa shape index (κ3) is 2.12. The fourth-order valence-electron chi connectivity index (χ4n) is 2.57. The fourth-order valence-corrected chi connectivity index (χ4v) is 2.57. The van der Waals surface area contributed by atoms with Gasteiger partial charge < -0.3 is 10.4 Å². The Morgan fingerprint density at radius 1 is 1.17 bits per heavy atom. The third-order valence-corrected chi connectivity index (χ3v) is 3.67. The van der Waals surface area contributed by atoms with Crippen molar-refractivity contribution in [1.82, 2.24) is 14.9 Å². The summed E-state index contributed by atoms with van der Waals surface area (Å²) in [6, 6.07) is 6.58. The number of allylic oxidation sites excluding steroid dienone is 2. The van der Waals surface area contributed by atoms with Gasteiger partial charge in [-0.15, -0.1) is 0 Å². The van der Waals surface area contributed by atoms with Gasteiger partial charge in [0.05, 0.1) is 22.2 Å². The van der Waals surface area contributed by atoms with E-state index in [2.05, 4.69) is 10.3 Å². The first-order chi connectivity index (χ1) is 11.0. The number of nitrogens with one attached hydrogen (secondary N) is 1. The van der Waals surface area contributed by atoms with Crippen LogP contribution in [0, 0.1) is 0 Å². The monoisotopic (exact) mass is 317 g/mol. The number of phenolic OH excluding ortho intramolecular Hbond substituents is 1. The van der Waals surface area contributed by atoms with Gasteiger partial charge in [0.15, 0.2) is 0 Å². The number of benzene rings is 1. The van der Waals surface area contributed by atoms with Gasteiger partial charge in [0.2, 0.25) is 0 Å². The topological polar surface area (TPSA) is 50.1 Å². The number of imidazole rings is 1. The molecule has 0 saturated carbocycles. The quantitative estimate of drug-likeness (QED) is 0.716. The van der Waals surface area contributed by atoms with Crippen molar-refractivity contribution in [2.45, 2.75) is 6.18 Å². The van der Waals surface area contributed by atoms with Crippen molar-refractivity contribution in [3.8, 4) is 17.1 Å². The molecule has 0 radical (unpaired) electrons. The van der Waals surface area contributed by atoms with E-state index < -0.39 is 11.7 Å². The molecular weight excluding hydrogens is 307 g/mol. The number of alkyl halides is 3. The van der Waals surface area contributed by atoms with Crippen LogP contribution in [0.5, 0.6) is 5.75 Å². The van der Waals surface area contributed by atoms with Crippen LogP contribution in [0.15, 0.2) is 48.2 Å². The van der Waals surface area contributed by atoms with Gasteiger partial charge in [-0.3, -0.25) is 4.57 Å². The van der Waals surface area contributed by atoms with Crippen LogP contribution in [0.25, 0.3) is 23.3 Å². The average Bonchev–Trinajstić information content (AvgIpc) is 3.22. The van der Waals surface area contributed by atoms with Crippen molar-refractivity contribution in [2.75, 3.05) is 0 Å². The van der Waals surface area contributed by atoms with Gasteiger partial charge in [-0.05, 0) is 24.3 Å². The standard InChI is InChI=1S/C16H10F3N3O/c17-16(18,19)10-5-3-7-20-13(10)14-11-8-22(11)15(21-14)9-4-1-2-6-12(9)23/h1-8,20,23H. The lowest BCUT2D eigenvalue weighted by atomic mass is 10.1. The van der Waals surface area contributed by atoms with E-state index in [1.54, 1.807) is 29.0 Å². The molecule has 0 fully saturated rings. The summed E-state index contributed by atoms with van der Waals surface area (Å²) in [5.74, 6) is 0.443. The predicted molar refractivity (Wildman–Crippen MR) is 78.3 cm³/mol. The summed E-state index contributed by atoms with van der Waals surface area (Å²) in [4.78, 5) is 4.29. The molecule has 0 bridgehead atoms. The molecule has 7 heteroatoms. The number of hydrogen-bond donors (Lipinski definition) is 2. The molecule has 0 unspecified atom stereocenters. The maximum atomic E-state index is 13.2. The summed E-state index contributed by atoms with van der Waals surface area (Å²) in [5.41, 5.74) is -0.387. The number of hydrogen-bond acceptors (Lipinski definition) is 3. The van der Waals surface area contributed by atoms with Gasteiger partial charge in [0.25, 0.3) is 0 Å². The highest BCUT2D eigenvalue weighted by Gasteiger charge is 2.37. The highest BCUT2D eigenvalue weighted by Crippen LogP contribution is 2.32. The Hall–Kier alpha value is -2.96. The molecule has 0 spiro atoms. The molecule has 2 aliphatic heterocycles. The molecule has 4 rings (SSSR count). The van der Waals surface area contributed by atoms with Crippen LogP contribution in [0.1, 0.15) is 0 Å². The molecule has 0 atom stereocenters. The van der Waals surface area contributed by atoms with Crippen LogP contribution in [0.2, 0.25) is 0 Å². The van der Waals surface area contributed by atoms with Crippen molar-refractivity contribution in [3.05, 3.63) is 58.9 Å². The first-order valence-electron chi connectivity index (χ1n) is 6.80. The second-order valence-corrected chi connectivity index (χ2v) is 5.14. The molecule has 3 heterocycles. The summed E-state index contributed by atoms with van der Waals surface area (Å²) in [5, 5.41) is 13.4. The van der Waals surface area contributed by atoms with Crippen LogP contribution in [0.3, 0.4) is 0 Å². The Bertz CT molecular complexity index is 997. The van der Waals surface area contributed by atoms with E-state index in [1.807, 2.05) is 0 Å². The van der Waals surface area contributed by atoms with E-state index in [0.29, 0.717) is 16.7 Å². The number of para-hydroxylation sites is 1. The maximum Gasteiger partial charge on any atom is 0.418 e. The normalized spacial score (nSPS) is 18.0. The number of aromatic nitrogens is 2. The van der Waals surface area contributed by atoms with Crippen molar-refractivity contribution in [3.63, 3.8) is 0 Å². The van der Waals surface area contributed by atoms with Gasteiger partial charge in [0, 0.05) is 12.4 Å². The van der Waals surface area contributed by atoms with E-state index >= 15 is 0 Å². The molecule has 0 saturated heterocycles. The number of nitrogens with zero attached hydrogens (tertiary/aromatic N) is 2. The molecule has 116 valence electrons. The predicted octanol–water partition coefficient (Wildman–Crippen LogP) is 1.57. The lowest BCUT2D eigenvalue weighted by Crippen LogP contribution is -2.32. The van der Waals surface area contributed by atoms with E-state index in [-0.39, 0.29) is 16.8 Å². The number of aromatic hydroxyl groups is 1. The Morgan fingerprint density at radius 2 is 1.96 bits per heavy atom. The van der Waals surface area contributed by atoms with Crippen LogP contribution in [-0.4, -0.2) is 20.8 Å². The Labute approximate surface area is 128 Å². The molecule has 2 aliphatic rings. The van der Waals surface area contributed by atoms with Crippen LogP contribution < -0.4 is 16.0 Å². The van der Waals surface area contributed by atoms with Crippen LogP contribution in [0.4, 0.5) is 13.2 Å². The molecule has 2 aromatic rings. The highest BCUT2D eigenvalue weighted by atomic mass is 19.4. The van der Waals surface area contributed by atoms with E-state index in [0.717, 1.165) is 6.08 Å². The Balaban J connectivity index is 1.93. The second-order valence-electron chi connectivity index (χ2n) is 5.14. The fraction of sp³-hybridized carbons (Fsp3) is 0.0625. The molecule has 0 amide bonds. The molecule has 2 N–H and O–H groups in total. The summed E-state index contributed by atoms with van der Waals surface area (Å²) >= 11 is 0. The van der Waals surface area contributed by atoms with Gasteiger partial charge in [0.1, 0.15) is 16.9 Å². The molecule has 1 aromatic heterocycles. The minimum absolute atomic E-state index is 0.0280. The number of dihydropyridines is 1. The van der Waals surface area contributed by atoms with Crippen LogP contribution >= 0.6 is 0 Å². The van der Waals surface area contributed by atoms with E-state index in [4.69, 9.17) is 0 Å². The lowest BCUT2D eigenvalue weighted by molar-refractivity contribution is -0.0876. The van der Waals surface area contributed by atoms with Crippen molar-refractivity contribution in [1.29, 1.82) is 0 Å². The molecule has 0 aliphatic carbocycles. The molecule has 1 aromatic carbocycles. The maximum absolute atomic E-state index is 13.2.